The van der Waals surface area contributed by atoms with Crippen LogP contribution < -0.4 is 14.8 Å². The Labute approximate surface area is 153 Å². The molecule has 0 bridgehead atoms. The Morgan fingerprint density at radius 2 is 1.84 bits per heavy atom. The highest BCUT2D eigenvalue weighted by Crippen LogP contribution is 2.38. The number of hydrogen-bond donors (Lipinski definition) is 1. The lowest BCUT2D eigenvalue weighted by Gasteiger charge is -2.18. The van der Waals surface area contributed by atoms with Gasteiger partial charge in [-0.2, -0.15) is 0 Å². The summed E-state index contributed by atoms with van der Waals surface area (Å²) >= 11 is 3.47. The molecule has 0 saturated heterocycles. The molecule has 1 N–H and O–H groups in total. The average molecular weight is 402 g/mol. The molecular weight excluding hydrogens is 386 g/mol. The monoisotopic (exact) mass is 401 g/mol. The van der Waals surface area contributed by atoms with Crippen molar-refractivity contribution in [1.29, 1.82) is 0 Å². The summed E-state index contributed by atoms with van der Waals surface area (Å²) in [6.07, 6.45) is 1.73. The fourth-order valence-corrected chi connectivity index (χ4v) is 3.27. The standard InChI is InChI=1S/C19H16BrNO4/c1-3-25-17-15(20)9-11(10-16(17)24-2)8-14-12-6-4-5-7-13(12)18(22)21-19(14)23/h4-10H,3H2,1-2H3,(H,21,22,23)/b14-8-. The van der Waals surface area contributed by atoms with E-state index < -0.39 is 5.91 Å². The summed E-state index contributed by atoms with van der Waals surface area (Å²) in [5, 5.41) is 2.37. The number of rotatable bonds is 4. The highest BCUT2D eigenvalue weighted by molar-refractivity contribution is 9.10. The zero-order chi connectivity index (χ0) is 18.0. The lowest BCUT2D eigenvalue weighted by atomic mass is 9.93. The van der Waals surface area contributed by atoms with Crippen LogP contribution in [0.15, 0.2) is 40.9 Å². The quantitative estimate of drug-likeness (QED) is 0.626. The summed E-state index contributed by atoms with van der Waals surface area (Å²) in [7, 11) is 1.56. The SMILES string of the molecule is CCOc1c(Br)cc(/C=C2\C(=O)NC(=O)c3ccccc32)cc1OC. The van der Waals surface area contributed by atoms with E-state index in [1.165, 1.54) is 0 Å². The molecule has 0 radical (unpaired) electrons. The highest BCUT2D eigenvalue weighted by Gasteiger charge is 2.26. The summed E-state index contributed by atoms with van der Waals surface area (Å²) in [4.78, 5) is 24.3. The van der Waals surface area contributed by atoms with Crippen LogP contribution in [0.1, 0.15) is 28.4 Å². The first-order chi connectivity index (χ1) is 12.0. The smallest absolute Gasteiger partial charge is 0.258 e. The van der Waals surface area contributed by atoms with E-state index in [-0.39, 0.29) is 5.91 Å². The van der Waals surface area contributed by atoms with Gasteiger partial charge in [0.15, 0.2) is 11.5 Å². The number of carbonyl (C=O) groups is 2. The van der Waals surface area contributed by atoms with Crippen molar-refractivity contribution in [3.8, 4) is 11.5 Å². The van der Waals surface area contributed by atoms with Crippen LogP contribution in [0.3, 0.4) is 0 Å². The third-order valence-electron chi connectivity index (χ3n) is 3.79. The molecule has 0 spiro atoms. The van der Waals surface area contributed by atoms with Crippen LogP contribution in [0.25, 0.3) is 11.6 Å². The topological polar surface area (TPSA) is 64.6 Å². The molecule has 0 saturated carbocycles. The summed E-state index contributed by atoms with van der Waals surface area (Å²) in [6.45, 7) is 2.40. The van der Waals surface area contributed by atoms with Crippen molar-refractivity contribution < 1.29 is 19.1 Å². The number of imide groups is 1. The van der Waals surface area contributed by atoms with Crippen molar-refractivity contribution in [3.05, 3.63) is 57.6 Å². The van der Waals surface area contributed by atoms with Crippen LogP contribution in [0, 0.1) is 0 Å². The zero-order valence-electron chi connectivity index (χ0n) is 13.8. The molecule has 0 aliphatic carbocycles. The molecule has 0 unspecified atom stereocenters. The molecule has 6 heteroatoms. The maximum Gasteiger partial charge on any atom is 0.258 e. The minimum atomic E-state index is -0.423. The van der Waals surface area contributed by atoms with Gasteiger partial charge in [0.1, 0.15) is 0 Å². The number of nitrogens with one attached hydrogen (secondary N) is 1. The van der Waals surface area contributed by atoms with Crippen molar-refractivity contribution >= 4 is 39.4 Å². The van der Waals surface area contributed by atoms with Gasteiger partial charge in [-0.05, 0) is 58.3 Å². The highest BCUT2D eigenvalue weighted by atomic mass is 79.9. The van der Waals surface area contributed by atoms with Gasteiger partial charge in [-0.15, -0.1) is 0 Å². The third-order valence-corrected chi connectivity index (χ3v) is 4.37. The summed E-state index contributed by atoms with van der Waals surface area (Å²) in [6, 6.07) is 10.6. The molecule has 5 nitrogen and oxygen atoms in total. The number of halogens is 1. The fourth-order valence-electron chi connectivity index (χ4n) is 2.69. The maximum atomic E-state index is 12.3. The van der Waals surface area contributed by atoms with E-state index in [1.807, 2.05) is 13.0 Å². The van der Waals surface area contributed by atoms with Crippen molar-refractivity contribution in [3.63, 3.8) is 0 Å². The Morgan fingerprint density at radius 3 is 2.52 bits per heavy atom. The van der Waals surface area contributed by atoms with E-state index in [1.54, 1.807) is 43.5 Å². The molecule has 2 aromatic carbocycles. The summed E-state index contributed by atoms with van der Waals surface area (Å²) in [5.41, 5.74) is 2.26. The molecule has 0 fully saturated rings. The number of benzene rings is 2. The Morgan fingerprint density at radius 1 is 1.12 bits per heavy atom. The third kappa shape index (κ3) is 3.30. The van der Waals surface area contributed by atoms with Gasteiger partial charge < -0.3 is 9.47 Å². The van der Waals surface area contributed by atoms with Crippen LogP contribution in [0.2, 0.25) is 0 Å². The molecule has 25 heavy (non-hydrogen) atoms. The molecule has 1 heterocycles. The van der Waals surface area contributed by atoms with Gasteiger partial charge in [-0.3, -0.25) is 14.9 Å². The van der Waals surface area contributed by atoms with E-state index in [9.17, 15) is 9.59 Å². The van der Waals surface area contributed by atoms with E-state index in [2.05, 4.69) is 21.2 Å². The Hall–Kier alpha value is -2.60. The first-order valence-electron chi connectivity index (χ1n) is 7.72. The molecule has 1 aliphatic rings. The van der Waals surface area contributed by atoms with Crippen LogP contribution in [0.4, 0.5) is 0 Å². The lowest BCUT2D eigenvalue weighted by Crippen LogP contribution is -2.36. The van der Waals surface area contributed by atoms with E-state index in [0.717, 1.165) is 10.0 Å². The van der Waals surface area contributed by atoms with Gasteiger partial charge in [-0.25, -0.2) is 0 Å². The van der Waals surface area contributed by atoms with Gasteiger partial charge >= 0.3 is 0 Å². The molecular formula is C19H16BrNO4. The molecule has 1 aliphatic heterocycles. The molecule has 3 rings (SSSR count). The number of methoxy groups -OCH3 is 1. The summed E-state index contributed by atoms with van der Waals surface area (Å²) in [5.74, 6) is 0.357. The molecule has 0 atom stereocenters. The van der Waals surface area contributed by atoms with E-state index in [4.69, 9.17) is 9.47 Å². The van der Waals surface area contributed by atoms with Crippen LogP contribution in [-0.4, -0.2) is 25.5 Å². The van der Waals surface area contributed by atoms with Gasteiger partial charge in [0.2, 0.25) is 0 Å². The first-order valence-corrected chi connectivity index (χ1v) is 8.51. The molecule has 2 aromatic rings. The van der Waals surface area contributed by atoms with Crippen LogP contribution in [-0.2, 0) is 4.79 Å². The predicted molar refractivity (Wildman–Crippen MR) is 98.6 cm³/mol. The van der Waals surface area contributed by atoms with Crippen LogP contribution >= 0.6 is 15.9 Å². The van der Waals surface area contributed by atoms with Crippen LogP contribution in [0.5, 0.6) is 11.5 Å². The number of fused-ring (bicyclic) bond motifs is 1. The second-order valence-electron chi connectivity index (χ2n) is 5.35. The van der Waals surface area contributed by atoms with Crippen molar-refractivity contribution in [2.24, 2.45) is 0 Å². The Kier molecular flexibility index (Phi) is 4.90. The average Bonchev–Trinajstić information content (AvgIpc) is 2.60. The number of amides is 2. The normalized spacial score (nSPS) is 14.9. The summed E-state index contributed by atoms with van der Waals surface area (Å²) < 4.78 is 11.7. The van der Waals surface area contributed by atoms with Gasteiger partial charge in [0.05, 0.1) is 18.2 Å². The molecule has 2 amide bonds. The minimum absolute atomic E-state index is 0.386. The van der Waals surface area contributed by atoms with Gasteiger partial charge in [-0.1, -0.05) is 18.2 Å². The Bertz CT molecular complexity index is 889. The Balaban J connectivity index is 2.12. The van der Waals surface area contributed by atoms with Gasteiger partial charge in [0, 0.05) is 11.1 Å². The molecule has 0 aromatic heterocycles. The largest absolute Gasteiger partial charge is 0.493 e. The second kappa shape index (κ2) is 7.11. The second-order valence-corrected chi connectivity index (χ2v) is 6.21. The maximum absolute atomic E-state index is 12.3. The lowest BCUT2D eigenvalue weighted by molar-refractivity contribution is -0.114. The van der Waals surface area contributed by atoms with Crippen molar-refractivity contribution in [1.82, 2.24) is 5.32 Å². The number of carbonyl (C=O) groups excluding carboxylic acids is 2. The fraction of sp³-hybridized carbons (Fsp3) is 0.158. The predicted octanol–water partition coefficient (Wildman–Crippen LogP) is 3.67. The van der Waals surface area contributed by atoms with Crippen molar-refractivity contribution in [2.75, 3.05) is 13.7 Å². The van der Waals surface area contributed by atoms with E-state index >= 15 is 0 Å². The van der Waals surface area contributed by atoms with Crippen molar-refractivity contribution in [2.45, 2.75) is 6.92 Å². The minimum Gasteiger partial charge on any atom is -0.493 e. The van der Waals surface area contributed by atoms with Gasteiger partial charge in [0.25, 0.3) is 11.8 Å². The van der Waals surface area contributed by atoms with E-state index in [0.29, 0.717) is 34.8 Å². The first kappa shape index (κ1) is 17.2. The number of hydrogen-bond acceptors (Lipinski definition) is 4. The molecule has 128 valence electrons. The number of ether oxygens (including phenoxy) is 2. The zero-order valence-corrected chi connectivity index (χ0v) is 15.3.